The Kier molecular flexibility index (Phi) is 5.69. The van der Waals surface area contributed by atoms with E-state index in [1.807, 2.05) is 4.90 Å². The van der Waals surface area contributed by atoms with Gasteiger partial charge in [0.1, 0.15) is 0 Å². The molecule has 1 saturated carbocycles. The number of carbonyl (C=O) groups is 2. The van der Waals surface area contributed by atoms with Gasteiger partial charge in [0.2, 0.25) is 0 Å². The van der Waals surface area contributed by atoms with Crippen molar-refractivity contribution in [1.82, 2.24) is 24.5 Å². The maximum absolute atomic E-state index is 13.2. The summed E-state index contributed by atoms with van der Waals surface area (Å²) in [5.41, 5.74) is 2.04. The Morgan fingerprint density at radius 3 is 2.41 bits per heavy atom. The standard InChI is InChI=1S/C21H29N5O3/c1-2-5-19-18(13-23-26(19)17-6-3-4-7-17)20(27)24-10-8-16(9-11-24)25-14-15(12-22-25)21(28)29/h12-14,16-17H,2-11H2,1H3,(H,28,29). The maximum atomic E-state index is 13.2. The fourth-order valence-corrected chi connectivity index (χ4v) is 4.67. The number of hydrogen-bond donors (Lipinski definition) is 1. The minimum atomic E-state index is -0.966. The van der Waals surface area contributed by atoms with Crippen molar-refractivity contribution < 1.29 is 14.7 Å². The molecule has 0 atom stereocenters. The van der Waals surface area contributed by atoms with E-state index in [-0.39, 0.29) is 17.5 Å². The van der Waals surface area contributed by atoms with E-state index < -0.39 is 5.97 Å². The van der Waals surface area contributed by atoms with Gasteiger partial charge < -0.3 is 10.0 Å². The van der Waals surface area contributed by atoms with Crippen LogP contribution in [0.1, 0.15) is 90.4 Å². The van der Waals surface area contributed by atoms with Gasteiger partial charge in [0.25, 0.3) is 5.91 Å². The van der Waals surface area contributed by atoms with Crippen molar-refractivity contribution in [1.29, 1.82) is 0 Å². The van der Waals surface area contributed by atoms with Crippen LogP contribution in [0.3, 0.4) is 0 Å². The third-order valence-corrected chi connectivity index (χ3v) is 6.26. The van der Waals surface area contributed by atoms with E-state index in [1.165, 1.54) is 19.0 Å². The lowest BCUT2D eigenvalue weighted by Gasteiger charge is -2.32. The van der Waals surface area contributed by atoms with Crippen LogP contribution in [0.4, 0.5) is 0 Å². The molecule has 2 fully saturated rings. The number of aromatic carboxylic acids is 1. The maximum Gasteiger partial charge on any atom is 0.338 e. The molecule has 156 valence electrons. The molecule has 1 aliphatic carbocycles. The van der Waals surface area contributed by atoms with Gasteiger partial charge in [0, 0.05) is 19.3 Å². The molecule has 2 aliphatic rings. The lowest BCUT2D eigenvalue weighted by Crippen LogP contribution is -2.39. The summed E-state index contributed by atoms with van der Waals surface area (Å²) in [7, 11) is 0. The van der Waals surface area contributed by atoms with Crippen molar-refractivity contribution in [3.05, 3.63) is 35.4 Å². The van der Waals surface area contributed by atoms with E-state index in [0.717, 1.165) is 49.8 Å². The number of amides is 1. The van der Waals surface area contributed by atoms with Crippen LogP contribution in [0, 0.1) is 0 Å². The van der Waals surface area contributed by atoms with Crippen molar-refractivity contribution in [2.75, 3.05) is 13.1 Å². The molecule has 8 nitrogen and oxygen atoms in total. The van der Waals surface area contributed by atoms with E-state index in [4.69, 9.17) is 5.11 Å². The largest absolute Gasteiger partial charge is 0.478 e. The lowest BCUT2D eigenvalue weighted by atomic mass is 10.0. The molecule has 0 bridgehead atoms. The van der Waals surface area contributed by atoms with Gasteiger partial charge in [-0.15, -0.1) is 0 Å². The van der Waals surface area contributed by atoms with Crippen LogP contribution in [0.2, 0.25) is 0 Å². The van der Waals surface area contributed by atoms with Crippen LogP contribution >= 0.6 is 0 Å². The molecule has 1 N–H and O–H groups in total. The second-order valence-electron chi connectivity index (χ2n) is 8.18. The number of piperidine rings is 1. The van der Waals surface area contributed by atoms with Crippen molar-refractivity contribution in [2.45, 2.75) is 70.4 Å². The Morgan fingerprint density at radius 1 is 1.07 bits per heavy atom. The van der Waals surface area contributed by atoms with Crippen molar-refractivity contribution in [2.24, 2.45) is 0 Å². The number of carbonyl (C=O) groups excluding carboxylic acids is 1. The summed E-state index contributed by atoms with van der Waals surface area (Å²) < 4.78 is 3.85. The second kappa shape index (κ2) is 8.39. The third-order valence-electron chi connectivity index (χ3n) is 6.26. The molecule has 1 amide bonds. The summed E-state index contributed by atoms with van der Waals surface area (Å²) in [5.74, 6) is -0.894. The summed E-state index contributed by atoms with van der Waals surface area (Å²) in [6, 6.07) is 0.565. The van der Waals surface area contributed by atoms with Crippen molar-refractivity contribution in [3.8, 4) is 0 Å². The normalized spacial score (nSPS) is 18.4. The summed E-state index contributed by atoms with van der Waals surface area (Å²) in [6.45, 7) is 3.43. The zero-order valence-corrected chi connectivity index (χ0v) is 17.0. The molecule has 0 spiro atoms. The second-order valence-corrected chi connectivity index (χ2v) is 8.18. The van der Waals surface area contributed by atoms with Crippen LogP contribution in [0.5, 0.6) is 0 Å². The van der Waals surface area contributed by atoms with Crippen molar-refractivity contribution >= 4 is 11.9 Å². The average Bonchev–Trinajstić information content (AvgIpc) is 3.48. The first-order valence-corrected chi connectivity index (χ1v) is 10.7. The highest BCUT2D eigenvalue weighted by molar-refractivity contribution is 5.95. The first-order chi connectivity index (χ1) is 14.1. The molecule has 0 unspecified atom stereocenters. The van der Waals surface area contributed by atoms with Gasteiger partial charge in [-0.3, -0.25) is 14.2 Å². The monoisotopic (exact) mass is 399 g/mol. The Hall–Kier alpha value is -2.64. The van der Waals surface area contributed by atoms with Crippen LogP contribution in [0.15, 0.2) is 18.6 Å². The quantitative estimate of drug-likeness (QED) is 0.804. The van der Waals surface area contributed by atoms with E-state index in [0.29, 0.717) is 19.1 Å². The average molecular weight is 399 g/mol. The molecular formula is C21H29N5O3. The number of rotatable bonds is 6. The molecule has 1 aliphatic heterocycles. The lowest BCUT2D eigenvalue weighted by molar-refractivity contribution is 0.0687. The van der Waals surface area contributed by atoms with Gasteiger partial charge in [-0.1, -0.05) is 26.2 Å². The number of aromatic nitrogens is 4. The topological polar surface area (TPSA) is 93.2 Å². The molecule has 4 rings (SSSR count). The molecule has 0 aromatic carbocycles. The Bertz CT molecular complexity index is 873. The first kappa shape index (κ1) is 19.7. The van der Waals surface area contributed by atoms with Crippen LogP contribution in [-0.4, -0.2) is 54.5 Å². The fourth-order valence-electron chi connectivity index (χ4n) is 4.67. The summed E-state index contributed by atoms with van der Waals surface area (Å²) in [6.07, 6.45) is 12.9. The van der Waals surface area contributed by atoms with E-state index in [2.05, 4.69) is 21.8 Å². The van der Waals surface area contributed by atoms with E-state index in [9.17, 15) is 9.59 Å². The number of hydrogen-bond acceptors (Lipinski definition) is 4. The molecule has 3 heterocycles. The summed E-state index contributed by atoms with van der Waals surface area (Å²) in [4.78, 5) is 26.2. The minimum Gasteiger partial charge on any atom is -0.478 e. The highest BCUT2D eigenvalue weighted by Gasteiger charge is 2.29. The number of nitrogens with zero attached hydrogens (tertiary/aromatic N) is 5. The van der Waals surface area contributed by atoms with Crippen molar-refractivity contribution in [3.63, 3.8) is 0 Å². The predicted octanol–water partition coefficient (Wildman–Crippen LogP) is 3.32. The molecular weight excluding hydrogens is 370 g/mol. The summed E-state index contributed by atoms with van der Waals surface area (Å²) in [5, 5.41) is 17.9. The highest BCUT2D eigenvalue weighted by Crippen LogP contribution is 2.32. The van der Waals surface area contributed by atoms with Gasteiger partial charge in [0.15, 0.2) is 0 Å². The van der Waals surface area contributed by atoms with E-state index in [1.54, 1.807) is 17.1 Å². The Labute approximate surface area is 170 Å². The van der Waals surface area contributed by atoms with Crippen LogP contribution < -0.4 is 0 Å². The Morgan fingerprint density at radius 2 is 1.79 bits per heavy atom. The molecule has 1 saturated heterocycles. The zero-order chi connectivity index (χ0) is 20.4. The molecule has 2 aromatic heterocycles. The van der Waals surface area contributed by atoms with Gasteiger partial charge in [-0.05, 0) is 32.1 Å². The molecule has 29 heavy (non-hydrogen) atoms. The van der Waals surface area contributed by atoms with Gasteiger partial charge >= 0.3 is 5.97 Å². The SMILES string of the molecule is CCCc1c(C(=O)N2CCC(n3cc(C(=O)O)cn3)CC2)cnn1C1CCCC1. The van der Waals surface area contributed by atoms with Crippen LogP contribution in [0.25, 0.3) is 0 Å². The number of carboxylic acids is 1. The fraction of sp³-hybridized carbons (Fsp3) is 0.619. The third kappa shape index (κ3) is 3.93. The molecule has 8 heteroatoms. The summed E-state index contributed by atoms with van der Waals surface area (Å²) >= 11 is 0. The highest BCUT2D eigenvalue weighted by atomic mass is 16.4. The number of likely N-dealkylation sites (tertiary alicyclic amines) is 1. The molecule has 0 radical (unpaired) electrons. The zero-order valence-electron chi connectivity index (χ0n) is 17.0. The smallest absolute Gasteiger partial charge is 0.338 e. The predicted molar refractivity (Wildman–Crippen MR) is 107 cm³/mol. The number of carboxylic acid groups (broad SMARTS) is 1. The van der Waals surface area contributed by atoms with Gasteiger partial charge in [0.05, 0.1) is 41.3 Å². The van der Waals surface area contributed by atoms with Crippen LogP contribution in [-0.2, 0) is 6.42 Å². The molecule has 2 aromatic rings. The first-order valence-electron chi connectivity index (χ1n) is 10.7. The van der Waals surface area contributed by atoms with E-state index >= 15 is 0 Å². The van der Waals surface area contributed by atoms with Gasteiger partial charge in [-0.25, -0.2) is 4.79 Å². The Balaban J connectivity index is 1.44. The minimum absolute atomic E-state index is 0.0721. The van der Waals surface area contributed by atoms with Gasteiger partial charge in [-0.2, -0.15) is 10.2 Å².